The minimum atomic E-state index is 0.595. The van der Waals surface area contributed by atoms with E-state index in [0.717, 1.165) is 18.0 Å². The Kier molecular flexibility index (Phi) is 5.76. The van der Waals surface area contributed by atoms with Crippen molar-refractivity contribution >= 4 is 0 Å². The van der Waals surface area contributed by atoms with E-state index in [-0.39, 0.29) is 0 Å². The lowest BCUT2D eigenvalue weighted by molar-refractivity contribution is 0.296. The predicted octanol–water partition coefficient (Wildman–Crippen LogP) is 3.12. The summed E-state index contributed by atoms with van der Waals surface area (Å²) in [6.07, 6.45) is 6.95. The van der Waals surface area contributed by atoms with Gasteiger partial charge < -0.3 is 9.47 Å². The molecule has 0 saturated carbocycles. The number of hydrogen-bond acceptors (Lipinski definition) is 3. The van der Waals surface area contributed by atoms with Crippen molar-refractivity contribution in [1.29, 1.82) is 0 Å². The Morgan fingerprint density at radius 1 is 1.05 bits per heavy atom. The Hall–Kier alpha value is -1.48. The van der Waals surface area contributed by atoms with Crippen molar-refractivity contribution in [3.8, 4) is 11.5 Å². The van der Waals surface area contributed by atoms with Crippen LogP contribution in [0.15, 0.2) is 36.4 Å². The maximum absolute atomic E-state index is 5.72. The number of benzene rings is 1. The number of rotatable bonds is 7. The Bertz CT molecular complexity index is 397. The molecule has 0 aromatic heterocycles. The number of hydrogen-bond donors (Lipinski definition) is 0. The second kappa shape index (κ2) is 7.85. The zero-order chi connectivity index (χ0) is 13.3. The molecule has 1 fully saturated rings. The lowest BCUT2D eigenvalue weighted by atomic mass is 10.3. The van der Waals surface area contributed by atoms with Gasteiger partial charge in [0.15, 0.2) is 11.5 Å². The van der Waals surface area contributed by atoms with Crippen LogP contribution in [-0.4, -0.2) is 37.7 Å². The highest BCUT2D eigenvalue weighted by atomic mass is 16.5. The van der Waals surface area contributed by atoms with Gasteiger partial charge in [-0.2, -0.15) is 0 Å². The average Bonchev–Trinajstić information content (AvgIpc) is 2.94. The molecule has 0 radical (unpaired) electrons. The molecule has 0 N–H and O–H groups in total. The number of para-hydroxylation sites is 2. The summed E-state index contributed by atoms with van der Waals surface area (Å²) in [5, 5.41) is 0. The minimum absolute atomic E-state index is 0.595. The Labute approximate surface area is 115 Å². The highest BCUT2D eigenvalue weighted by Gasteiger charge is 2.08. The van der Waals surface area contributed by atoms with E-state index in [9.17, 15) is 0 Å². The average molecular weight is 261 g/mol. The Balaban J connectivity index is 1.73. The normalized spacial score (nSPS) is 16.1. The molecule has 0 unspecified atom stereocenters. The summed E-state index contributed by atoms with van der Waals surface area (Å²) in [5.41, 5.74) is 0. The van der Waals surface area contributed by atoms with Crippen LogP contribution in [0.25, 0.3) is 0 Å². The third-order valence-corrected chi connectivity index (χ3v) is 3.21. The number of likely N-dealkylation sites (tertiary alicyclic amines) is 1. The quantitative estimate of drug-likeness (QED) is 0.704. The maximum atomic E-state index is 5.72. The van der Waals surface area contributed by atoms with Crippen LogP contribution in [0.1, 0.15) is 19.8 Å². The summed E-state index contributed by atoms with van der Waals surface area (Å²) in [4.78, 5) is 2.46. The smallest absolute Gasteiger partial charge is 0.161 e. The molecule has 0 amide bonds. The Morgan fingerprint density at radius 2 is 1.74 bits per heavy atom. The van der Waals surface area contributed by atoms with E-state index in [1.165, 1.54) is 25.9 Å². The van der Waals surface area contributed by atoms with Gasteiger partial charge in [-0.25, -0.2) is 0 Å². The van der Waals surface area contributed by atoms with Gasteiger partial charge in [0, 0.05) is 6.54 Å². The first kappa shape index (κ1) is 13.9. The van der Waals surface area contributed by atoms with Crippen LogP contribution in [0.3, 0.4) is 0 Å². The molecule has 1 heterocycles. The van der Waals surface area contributed by atoms with E-state index < -0.39 is 0 Å². The topological polar surface area (TPSA) is 21.7 Å². The molecule has 0 aliphatic carbocycles. The summed E-state index contributed by atoms with van der Waals surface area (Å²) in [7, 11) is 0. The summed E-state index contributed by atoms with van der Waals surface area (Å²) in [5.74, 6) is 1.63. The molecule has 0 spiro atoms. The first-order chi connectivity index (χ1) is 9.40. The van der Waals surface area contributed by atoms with E-state index >= 15 is 0 Å². The van der Waals surface area contributed by atoms with Gasteiger partial charge in [0.1, 0.15) is 6.61 Å². The van der Waals surface area contributed by atoms with Crippen molar-refractivity contribution in [2.75, 3.05) is 32.8 Å². The standard InChI is InChI=1S/C16H23NO2/c1-2-18-15-9-3-4-10-16(15)19-14-8-7-13-17-11-5-6-12-17/h3-4,7-10H,2,5-6,11-14H2,1H3. The molecule has 1 aromatic rings. The fourth-order valence-electron chi connectivity index (χ4n) is 2.24. The summed E-state index contributed by atoms with van der Waals surface area (Å²) < 4.78 is 11.2. The van der Waals surface area contributed by atoms with Gasteiger partial charge in [0.05, 0.1) is 6.61 Å². The van der Waals surface area contributed by atoms with Crippen LogP contribution in [-0.2, 0) is 0 Å². The van der Waals surface area contributed by atoms with Gasteiger partial charge in [-0.15, -0.1) is 0 Å². The summed E-state index contributed by atoms with van der Waals surface area (Å²) >= 11 is 0. The van der Waals surface area contributed by atoms with E-state index in [0.29, 0.717) is 13.2 Å². The number of nitrogens with zero attached hydrogens (tertiary/aromatic N) is 1. The van der Waals surface area contributed by atoms with Crippen molar-refractivity contribution in [3.63, 3.8) is 0 Å². The minimum Gasteiger partial charge on any atom is -0.490 e. The molecule has 1 aliphatic heterocycles. The SMILES string of the molecule is CCOc1ccccc1OCC=CCN1CCCC1. The molecule has 104 valence electrons. The van der Waals surface area contributed by atoms with Crippen LogP contribution >= 0.6 is 0 Å². The van der Waals surface area contributed by atoms with Gasteiger partial charge in [0.2, 0.25) is 0 Å². The first-order valence-corrected chi connectivity index (χ1v) is 7.12. The van der Waals surface area contributed by atoms with Crippen molar-refractivity contribution in [1.82, 2.24) is 4.90 Å². The summed E-state index contributed by atoms with van der Waals surface area (Å²) in [6.45, 7) is 6.74. The van der Waals surface area contributed by atoms with Gasteiger partial charge in [-0.05, 0) is 45.0 Å². The molecule has 3 nitrogen and oxygen atoms in total. The van der Waals surface area contributed by atoms with Gasteiger partial charge in [-0.3, -0.25) is 4.90 Å². The maximum Gasteiger partial charge on any atom is 0.161 e. The fourth-order valence-corrected chi connectivity index (χ4v) is 2.24. The zero-order valence-electron chi connectivity index (χ0n) is 11.7. The molecular weight excluding hydrogens is 238 g/mol. The predicted molar refractivity (Wildman–Crippen MR) is 77.9 cm³/mol. The molecule has 3 heteroatoms. The van der Waals surface area contributed by atoms with E-state index in [1.54, 1.807) is 0 Å². The molecular formula is C16H23NO2. The van der Waals surface area contributed by atoms with E-state index in [4.69, 9.17) is 9.47 Å². The van der Waals surface area contributed by atoms with Crippen molar-refractivity contribution < 1.29 is 9.47 Å². The van der Waals surface area contributed by atoms with Crippen molar-refractivity contribution in [2.24, 2.45) is 0 Å². The molecule has 1 aromatic carbocycles. The van der Waals surface area contributed by atoms with Crippen LogP contribution in [0.5, 0.6) is 11.5 Å². The first-order valence-electron chi connectivity index (χ1n) is 7.12. The lowest BCUT2D eigenvalue weighted by Gasteiger charge is -2.11. The zero-order valence-corrected chi connectivity index (χ0v) is 11.7. The van der Waals surface area contributed by atoms with Crippen LogP contribution < -0.4 is 9.47 Å². The van der Waals surface area contributed by atoms with E-state index in [2.05, 4.69) is 17.1 Å². The fraction of sp³-hybridized carbons (Fsp3) is 0.500. The summed E-state index contributed by atoms with van der Waals surface area (Å²) in [6, 6.07) is 7.80. The molecule has 19 heavy (non-hydrogen) atoms. The van der Waals surface area contributed by atoms with Gasteiger partial charge in [-0.1, -0.05) is 24.3 Å². The molecule has 0 bridgehead atoms. The monoisotopic (exact) mass is 261 g/mol. The van der Waals surface area contributed by atoms with Gasteiger partial charge >= 0.3 is 0 Å². The second-order valence-corrected chi connectivity index (χ2v) is 4.67. The van der Waals surface area contributed by atoms with Crippen molar-refractivity contribution in [3.05, 3.63) is 36.4 Å². The highest BCUT2D eigenvalue weighted by Crippen LogP contribution is 2.26. The lowest BCUT2D eigenvalue weighted by Crippen LogP contribution is -2.18. The van der Waals surface area contributed by atoms with Crippen LogP contribution in [0.2, 0.25) is 0 Å². The second-order valence-electron chi connectivity index (χ2n) is 4.67. The molecule has 2 rings (SSSR count). The van der Waals surface area contributed by atoms with Crippen LogP contribution in [0.4, 0.5) is 0 Å². The van der Waals surface area contributed by atoms with E-state index in [1.807, 2.05) is 31.2 Å². The third-order valence-electron chi connectivity index (χ3n) is 3.21. The number of ether oxygens (including phenoxy) is 2. The molecule has 1 saturated heterocycles. The third kappa shape index (κ3) is 4.60. The Morgan fingerprint density at radius 3 is 2.42 bits per heavy atom. The highest BCUT2D eigenvalue weighted by molar-refractivity contribution is 5.39. The van der Waals surface area contributed by atoms with Crippen molar-refractivity contribution in [2.45, 2.75) is 19.8 Å². The van der Waals surface area contributed by atoms with Crippen LogP contribution in [0, 0.1) is 0 Å². The molecule has 1 aliphatic rings. The largest absolute Gasteiger partial charge is 0.490 e. The molecule has 0 atom stereocenters. The van der Waals surface area contributed by atoms with Gasteiger partial charge in [0.25, 0.3) is 0 Å².